The maximum absolute atomic E-state index is 5.93. The minimum absolute atomic E-state index is 0.432. The number of benzene rings is 1. The smallest absolute Gasteiger partial charge is 0.170 e. The van der Waals surface area contributed by atoms with Crippen LogP contribution in [-0.4, -0.2) is 20.8 Å². The summed E-state index contributed by atoms with van der Waals surface area (Å²) >= 11 is 0. The molecule has 0 bridgehead atoms. The highest BCUT2D eigenvalue weighted by Gasteiger charge is 2.09. The van der Waals surface area contributed by atoms with Gasteiger partial charge >= 0.3 is 0 Å². The number of rotatable bonds is 6. The van der Waals surface area contributed by atoms with E-state index in [0.29, 0.717) is 12.6 Å². The first kappa shape index (κ1) is 15.5. The maximum atomic E-state index is 5.93. The summed E-state index contributed by atoms with van der Waals surface area (Å²) in [5.74, 6) is 1.76. The van der Waals surface area contributed by atoms with E-state index in [1.54, 1.807) is 6.33 Å². The fourth-order valence-electron chi connectivity index (χ4n) is 2.27. The number of aryl methyl sites for hydroxylation is 3. The standard InChI is InChI=1S/C16H24N4O/c1-11(2)17-8-14-6-12(3)16(13(4)7-14)21-9-15-19-18-10-20(15)5/h6-7,10-11,17H,8-9H2,1-5H3. The van der Waals surface area contributed by atoms with Crippen molar-refractivity contribution in [3.8, 4) is 5.75 Å². The fraction of sp³-hybridized carbons (Fsp3) is 0.500. The lowest BCUT2D eigenvalue weighted by atomic mass is 10.1. The summed E-state index contributed by atoms with van der Waals surface area (Å²) in [5.41, 5.74) is 3.58. The molecule has 114 valence electrons. The van der Waals surface area contributed by atoms with Crippen LogP contribution in [0.1, 0.15) is 36.4 Å². The molecule has 5 heteroatoms. The van der Waals surface area contributed by atoms with Gasteiger partial charge in [0.05, 0.1) is 0 Å². The third kappa shape index (κ3) is 4.04. The van der Waals surface area contributed by atoms with Crippen molar-refractivity contribution < 1.29 is 4.74 Å². The summed E-state index contributed by atoms with van der Waals surface area (Å²) in [6, 6.07) is 4.83. The third-order valence-corrected chi connectivity index (χ3v) is 3.39. The fourth-order valence-corrected chi connectivity index (χ4v) is 2.27. The van der Waals surface area contributed by atoms with E-state index < -0.39 is 0 Å². The SMILES string of the molecule is Cc1cc(CNC(C)C)cc(C)c1OCc1nncn1C. The Labute approximate surface area is 126 Å². The largest absolute Gasteiger partial charge is 0.485 e. The van der Waals surface area contributed by atoms with Crippen LogP contribution >= 0.6 is 0 Å². The first-order chi connectivity index (χ1) is 9.97. The Kier molecular flexibility index (Phi) is 4.96. The molecule has 0 saturated heterocycles. The molecule has 0 aliphatic heterocycles. The minimum atomic E-state index is 0.432. The van der Waals surface area contributed by atoms with Crippen molar-refractivity contribution in [2.75, 3.05) is 0 Å². The molecule has 21 heavy (non-hydrogen) atoms. The van der Waals surface area contributed by atoms with Gasteiger partial charge in [0, 0.05) is 19.6 Å². The van der Waals surface area contributed by atoms with E-state index in [1.807, 2.05) is 11.6 Å². The molecule has 1 aromatic carbocycles. The highest BCUT2D eigenvalue weighted by atomic mass is 16.5. The van der Waals surface area contributed by atoms with Crippen LogP contribution in [0.25, 0.3) is 0 Å². The van der Waals surface area contributed by atoms with E-state index in [-0.39, 0.29) is 0 Å². The molecule has 1 N–H and O–H groups in total. The molecule has 0 amide bonds. The molecule has 1 heterocycles. The topological polar surface area (TPSA) is 52.0 Å². The first-order valence-electron chi connectivity index (χ1n) is 7.26. The van der Waals surface area contributed by atoms with Gasteiger partial charge in [-0.1, -0.05) is 26.0 Å². The lowest BCUT2D eigenvalue weighted by Crippen LogP contribution is -2.21. The lowest BCUT2D eigenvalue weighted by molar-refractivity contribution is 0.287. The second-order valence-corrected chi connectivity index (χ2v) is 5.74. The van der Waals surface area contributed by atoms with E-state index in [9.17, 15) is 0 Å². The van der Waals surface area contributed by atoms with Crippen molar-refractivity contribution in [2.24, 2.45) is 7.05 Å². The number of hydrogen-bond donors (Lipinski definition) is 1. The Bertz CT molecular complexity index is 581. The van der Waals surface area contributed by atoms with Crippen molar-refractivity contribution in [3.05, 3.63) is 41.0 Å². The number of aromatic nitrogens is 3. The van der Waals surface area contributed by atoms with Gasteiger partial charge < -0.3 is 14.6 Å². The van der Waals surface area contributed by atoms with Crippen molar-refractivity contribution in [1.29, 1.82) is 0 Å². The van der Waals surface area contributed by atoms with Crippen LogP contribution in [0.4, 0.5) is 0 Å². The van der Waals surface area contributed by atoms with Gasteiger partial charge in [0.1, 0.15) is 18.7 Å². The molecule has 0 aliphatic rings. The van der Waals surface area contributed by atoms with Gasteiger partial charge in [-0.25, -0.2) is 0 Å². The highest BCUT2D eigenvalue weighted by molar-refractivity contribution is 5.43. The molecule has 2 rings (SSSR count). The quantitative estimate of drug-likeness (QED) is 0.887. The molecule has 0 unspecified atom stereocenters. The third-order valence-electron chi connectivity index (χ3n) is 3.39. The van der Waals surface area contributed by atoms with Gasteiger partial charge in [0.25, 0.3) is 0 Å². The average Bonchev–Trinajstić information content (AvgIpc) is 2.81. The van der Waals surface area contributed by atoms with Gasteiger partial charge in [-0.05, 0) is 30.5 Å². The Morgan fingerprint density at radius 2 is 1.90 bits per heavy atom. The molecule has 0 aliphatic carbocycles. The van der Waals surface area contributed by atoms with Crippen LogP contribution in [0.2, 0.25) is 0 Å². The van der Waals surface area contributed by atoms with E-state index in [1.165, 1.54) is 5.56 Å². The second kappa shape index (κ2) is 6.72. The van der Waals surface area contributed by atoms with Crippen molar-refractivity contribution >= 4 is 0 Å². The van der Waals surface area contributed by atoms with Crippen molar-refractivity contribution in [2.45, 2.75) is 46.9 Å². The van der Waals surface area contributed by atoms with Gasteiger partial charge in [-0.2, -0.15) is 0 Å². The maximum Gasteiger partial charge on any atom is 0.170 e. The van der Waals surface area contributed by atoms with E-state index in [2.05, 4.69) is 55.3 Å². The zero-order chi connectivity index (χ0) is 15.4. The van der Waals surface area contributed by atoms with Gasteiger partial charge in [-0.3, -0.25) is 0 Å². The summed E-state index contributed by atoms with van der Waals surface area (Å²) in [6.45, 7) is 9.77. The van der Waals surface area contributed by atoms with E-state index in [4.69, 9.17) is 4.74 Å². The Balaban J connectivity index is 2.08. The lowest BCUT2D eigenvalue weighted by Gasteiger charge is -2.15. The monoisotopic (exact) mass is 288 g/mol. The predicted molar refractivity (Wildman–Crippen MR) is 83.2 cm³/mol. The van der Waals surface area contributed by atoms with Crippen molar-refractivity contribution in [3.63, 3.8) is 0 Å². The van der Waals surface area contributed by atoms with E-state index in [0.717, 1.165) is 29.2 Å². The average molecular weight is 288 g/mol. The number of hydrogen-bond acceptors (Lipinski definition) is 4. The van der Waals surface area contributed by atoms with Gasteiger partial charge in [-0.15, -0.1) is 10.2 Å². The van der Waals surface area contributed by atoms with Crippen LogP contribution < -0.4 is 10.1 Å². The highest BCUT2D eigenvalue weighted by Crippen LogP contribution is 2.25. The molecule has 5 nitrogen and oxygen atoms in total. The number of ether oxygens (including phenoxy) is 1. The van der Waals surface area contributed by atoms with Crippen LogP contribution in [0, 0.1) is 13.8 Å². The summed E-state index contributed by atoms with van der Waals surface area (Å²) in [4.78, 5) is 0. The molecule has 0 spiro atoms. The molecule has 0 radical (unpaired) electrons. The zero-order valence-corrected chi connectivity index (χ0v) is 13.5. The molecular formula is C16H24N4O. The predicted octanol–water partition coefficient (Wildman–Crippen LogP) is 2.51. The number of nitrogens with zero attached hydrogens (tertiary/aromatic N) is 3. The van der Waals surface area contributed by atoms with Crippen molar-refractivity contribution in [1.82, 2.24) is 20.1 Å². The minimum Gasteiger partial charge on any atom is -0.485 e. The molecule has 0 fully saturated rings. The van der Waals surface area contributed by atoms with E-state index >= 15 is 0 Å². The zero-order valence-electron chi connectivity index (χ0n) is 13.5. The molecule has 0 atom stereocenters. The van der Waals surface area contributed by atoms with Crippen LogP contribution in [-0.2, 0) is 20.2 Å². The van der Waals surface area contributed by atoms with Gasteiger partial charge in [0.15, 0.2) is 5.82 Å². The molecule has 1 aromatic heterocycles. The molecular weight excluding hydrogens is 264 g/mol. The summed E-state index contributed by atoms with van der Waals surface area (Å²) in [5, 5.41) is 11.3. The number of nitrogens with one attached hydrogen (secondary N) is 1. The van der Waals surface area contributed by atoms with Crippen LogP contribution in [0.15, 0.2) is 18.5 Å². The summed E-state index contributed by atoms with van der Waals surface area (Å²) in [7, 11) is 1.92. The second-order valence-electron chi connectivity index (χ2n) is 5.74. The van der Waals surface area contributed by atoms with Gasteiger partial charge in [0.2, 0.25) is 0 Å². The molecule has 2 aromatic rings. The Morgan fingerprint density at radius 3 is 2.43 bits per heavy atom. The Morgan fingerprint density at radius 1 is 1.24 bits per heavy atom. The van der Waals surface area contributed by atoms with Crippen LogP contribution in [0.5, 0.6) is 5.75 Å². The molecule has 0 saturated carbocycles. The Hall–Kier alpha value is -1.88. The first-order valence-corrected chi connectivity index (χ1v) is 7.26. The normalized spacial score (nSPS) is 11.1. The summed E-state index contributed by atoms with van der Waals surface area (Å²) in [6.07, 6.45) is 1.68. The summed E-state index contributed by atoms with van der Waals surface area (Å²) < 4.78 is 7.80. The van der Waals surface area contributed by atoms with Crippen LogP contribution in [0.3, 0.4) is 0 Å².